The Bertz CT molecular complexity index is 623. The molecular formula is C17H20N2O3. The van der Waals surface area contributed by atoms with Crippen molar-refractivity contribution in [3.8, 4) is 23.8 Å². The maximum atomic E-state index is 12.3. The summed E-state index contributed by atoms with van der Waals surface area (Å²) in [4.78, 5) is 14.5. The number of fused-ring (bicyclic) bond motifs is 1. The minimum absolute atomic E-state index is 0.108. The summed E-state index contributed by atoms with van der Waals surface area (Å²) >= 11 is 0. The van der Waals surface area contributed by atoms with Gasteiger partial charge < -0.3 is 14.8 Å². The predicted molar refractivity (Wildman–Crippen MR) is 83.2 cm³/mol. The van der Waals surface area contributed by atoms with Gasteiger partial charge in [0.15, 0.2) is 0 Å². The number of carbonyl (C=O) groups is 1. The van der Waals surface area contributed by atoms with Gasteiger partial charge in [-0.1, -0.05) is 5.92 Å². The SMILES string of the molecule is C#CCN1CCCC2(CNC(=O)c3ccc(OC)cc3O2)C1. The molecule has 2 heterocycles. The molecule has 1 unspecified atom stereocenters. The number of benzene rings is 1. The van der Waals surface area contributed by atoms with Crippen molar-refractivity contribution in [2.75, 3.05) is 33.3 Å². The van der Waals surface area contributed by atoms with Gasteiger partial charge in [0.1, 0.15) is 17.1 Å². The summed E-state index contributed by atoms with van der Waals surface area (Å²) in [5, 5.41) is 2.98. The van der Waals surface area contributed by atoms with Crippen LogP contribution in [0.1, 0.15) is 23.2 Å². The minimum Gasteiger partial charge on any atom is -0.497 e. The second kappa shape index (κ2) is 5.90. The van der Waals surface area contributed by atoms with E-state index >= 15 is 0 Å². The summed E-state index contributed by atoms with van der Waals surface area (Å²) in [6.45, 7) is 2.77. The summed E-state index contributed by atoms with van der Waals surface area (Å²) in [6, 6.07) is 5.29. The molecule has 1 saturated heterocycles. The van der Waals surface area contributed by atoms with Gasteiger partial charge in [-0.2, -0.15) is 0 Å². The van der Waals surface area contributed by atoms with Gasteiger partial charge in [0.25, 0.3) is 5.91 Å². The molecule has 116 valence electrons. The molecule has 1 aromatic rings. The molecule has 0 radical (unpaired) electrons. The minimum atomic E-state index is -0.428. The third kappa shape index (κ3) is 2.75. The fourth-order valence-corrected chi connectivity index (χ4v) is 3.19. The second-order valence-corrected chi connectivity index (χ2v) is 5.85. The van der Waals surface area contributed by atoms with Crippen LogP contribution in [-0.4, -0.2) is 49.7 Å². The smallest absolute Gasteiger partial charge is 0.255 e. The molecule has 1 amide bonds. The standard InChI is InChI=1S/C17H20N2O3/c1-3-8-19-9-4-7-17(12-19)11-18-16(20)14-6-5-13(21-2)10-15(14)22-17/h1,5-6,10H,4,7-9,11-12H2,2H3,(H,18,20). The van der Waals surface area contributed by atoms with Crippen molar-refractivity contribution >= 4 is 5.91 Å². The lowest BCUT2D eigenvalue weighted by Gasteiger charge is -2.41. The number of nitrogens with zero attached hydrogens (tertiary/aromatic N) is 1. The summed E-state index contributed by atoms with van der Waals surface area (Å²) in [5.74, 6) is 3.84. The molecule has 0 aliphatic carbocycles. The molecular weight excluding hydrogens is 280 g/mol. The van der Waals surface area contributed by atoms with Gasteiger partial charge >= 0.3 is 0 Å². The lowest BCUT2D eigenvalue weighted by atomic mass is 9.92. The Morgan fingerprint density at radius 3 is 3.18 bits per heavy atom. The number of rotatable bonds is 2. The van der Waals surface area contributed by atoms with E-state index in [4.69, 9.17) is 15.9 Å². The average molecular weight is 300 g/mol. The zero-order chi connectivity index (χ0) is 15.6. The van der Waals surface area contributed by atoms with Crippen LogP contribution in [0.2, 0.25) is 0 Å². The molecule has 1 atom stereocenters. The third-order valence-corrected chi connectivity index (χ3v) is 4.26. The summed E-state index contributed by atoms with van der Waals surface area (Å²) in [6.07, 6.45) is 7.32. The molecule has 0 aromatic heterocycles. The highest BCUT2D eigenvalue weighted by atomic mass is 16.5. The third-order valence-electron chi connectivity index (χ3n) is 4.26. The largest absolute Gasteiger partial charge is 0.497 e. The van der Waals surface area contributed by atoms with Gasteiger partial charge in [-0.15, -0.1) is 6.42 Å². The van der Waals surface area contributed by atoms with E-state index < -0.39 is 5.60 Å². The van der Waals surface area contributed by atoms with Crippen LogP contribution in [0.25, 0.3) is 0 Å². The Morgan fingerprint density at radius 1 is 1.55 bits per heavy atom. The van der Waals surface area contributed by atoms with Crippen LogP contribution in [-0.2, 0) is 0 Å². The van der Waals surface area contributed by atoms with E-state index in [2.05, 4.69) is 16.1 Å². The maximum absolute atomic E-state index is 12.3. The number of piperidine rings is 1. The number of hydrogen-bond donors (Lipinski definition) is 1. The van der Waals surface area contributed by atoms with Gasteiger partial charge in [-0.25, -0.2) is 0 Å². The molecule has 5 heteroatoms. The Labute approximate surface area is 130 Å². The van der Waals surface area contributed by atoms with Crippen LogP contribution in [0, 0.1) is 12.3 Å². The highest BCUT2D eigenvalue weighted by Crippen LogP contribution is 2.34. The van der Waals surface area contributed by atoms with Crippen molar-refractivity contribution < 1.29 is 14.3 Å². The Kier molecular flexibility index (Phi) is 3.95. The molecule has 22 heavy (non-hydrogen) atoms. The van der Waals surface area contributed by atoms with E-state index in [-0.39, 0.29) is 5.91 Å². The van der Waals surface area contributed by atoms with Crippen molar-refractivity contribution in [2.45, 2.75) is 18.4 Å². The van der Waals surface area contributed by atoms with E-state index in [0.717, 1.165) is 19.4 Å². The van der Waals surface area contributed by atoms with Gasteiger partial charge in [0, 0.05) is 12.6 Å². The zero-order valence-electron chi connectivity index (χ0n) is 12.7. The first-order chi connectivity index (χ1) is 10.7. The Morgan fingerprint density at radius 2 is 2.41 bits per heavy atom. The lowest BCUT2D eigenvalue weighted by Crippen LogP contribution is -2.56. The number of hydrogen-bond acceptors (Lipinski definition) is 4. The fraction of sp³-hybridized carbons (Fsp3) is 0.471. The van der Waals surface area contributed by atoms with Crippen molar-refractivity contribution in [1.29, 1.82) is 0 Å². The summed E-state index contributed by atoms with van der Waals surface area (Å²) in [7, 11) is 1.60. The van der Waals surface area contributed by atoms with E-state index in [9.17, 15) is 4.79 Å². The molecule has 5 nitrogen and oxygen atoms in total. The molecule has 1 aromatic carbocycles. The van der Waals surface area contributed by atoms with Crippen molar-refractivity contribution in [3.63, 3.8) is 0 Å². The first-order valence-electron chi connectivity index (χ1n) is 7.47. The molecule has 2 aliphatic rings. The number of likely N-dealkylation sites (tertiary alicyclic amines) is 1. The highest BCUT2D eigenvalue weighted by molar-refractivity contribution is 5.97. The lowest BCUT2D eigenvalue weighted by molar-refractivity contribution is 0.000285. The van der Waals surface area contributed by atoms with E-state index in [1.807, 2.05) is 0 Å². The number of methoxy groups -OCH3 is 1. The fourth-order valence-electron chi connectivity index (χ4n) is 3.19. The summed E-state index contributed by atoms with van der Waals surface area (Å²) in [5.41, 5.74) is 0.120. The quantitative estimate of drug-likeness (QED) is 0.836. The second-order valence-electron chi connectivity index (χ2n) is 5.85. The normalized spacial score (nSPS) is 24.6. The number of terminal acetylenes is 1. The van der Waals surface area contributed by atoms with Gasteiger partial charge in [-0.3, -0.25) is 9.69 Å². The molecule has 2 aliphatic heterocycles. The van der Waals surface area contributed by atoms with E-state index in [1.54, 1.807) is 25.3 Å². The van der Waals surface area contributed by atoms with Gasteiger partial charge in [0.2, 0.25) is 0 Å². The number of ether oxygens (including phenoxy) is 2. The van der Waals surface area contributed by atoms with Gasteiger partial charge in [0.05, 0.1) is 25.8 Å². The van der Waals surface area contributed by atoms with E-state index in [1.165, 1.54) is 0 Å². The van der Waals surface area contributed by atoms with Crippen LogP contribution >= 0.6 is 0 Å². The van der Waals surface area contributed by atoms with Crippen molar-refractivity contribution in [3.05, 3.63) is 23.8 Å². The van der Waals surface area contributed by atoms with Gasteiger partial charge in [-0.05, 0) is 31.5 Å². The Balaban J connectivity index is 1.92. The number of nitrogens with one attached hydrogen (secondary N) is 1. The number of amides is 1. The van der Waals surface area contributed by atoms with Crippen LogP contribution in [0.4, 0.5) is 0 Å². The summed E-state index contributed by atoms with van der Waals surface area (Å²) < 4.78 is 11.5. The molecule has 1 N–H and O–H groups in total. The monoisotopic (exact) mass is 300 g/mol. The first-order valence-corrected chi connectivity index (χ1v) is 7.47. The van der Waals surface area contributed by atoms with E-state index in [0.29, 0.717) is 36.7 Å². The van der Waals surface area contributed by atoms with Crippen molar-refractivity contribution in [1.82, 2.24) is 10.2 Å². The average Bonchev–Trinajstić information content (AvgIpc) is 2.65. The van der Waals surface area contributed by atoms with Crippen molar-refractivity contribution in [2.24, 2.45) is 0 Å². The topological polar surface area (TPSA) is 50.8 Å². The highest BCUT2D eigenvalue weighted by Gasteiger charge is 2.40. The Hall–Kier alpha value is -2.19. The molecule has 1 fully saturated rings. The maximum Gasteiger partial charge on any atom is 0.255 e. The number of carbonyl (C=O) groups excluding carboxylic acids is 1. The first kappa shape index (κ1) is 14.7. The molecule has 0 bridgehead atoms. The zero-order valence-corrected chi connectivity index (χ0v) is 12.7. The predicted octanol–water partition coefficient (Wildman–Crippen LogP) is 1.29. The van der Waals surface area contributed by atoms with Crippen LogP contribution in [0.3, 0.4) is 0 Å². The molecule has 0 saturated carbocycles. The molecule has 1 spiro atoms. The van der Waals surface area contributed by atoms with Crippen LogP contribution < -0.4 is 14.8 Å². The molecule has 3 rings (SSSR count). The van der Waals surface area contributed by atoms with Crippen LogP contribution in [0.5, 0.6) is 11.5 Å². The van der Waals surface area contributed by atoms with Crippen LogP contribution in [0.15, 0.2) is 18.2 Å².